The van der Waals surface area contributed by atoms with Crippen LogP contribution >= 0.6 is 0 Å². The molecule has 2 aromatic heterocycles. The summed E-state index contributed by atoms with van der Waals surface area (Å²) in [5, 5.41) is 4.16. The topological polar surface area (TPSA) is 72.1 Å². The number of amides is 1. The number of likely N-dealkylation sites (tertiary alicyclic amines) is 1. The highest BCUT2D eigenvalue weighted by molar-refractivity contribution is 5.77. The molecule has 3 aromatic rings. The average Bonchev–Trinajstić information content (AvgIpc) is 3.18. The van der Waals surface area contributed by atoms with E-state index < -0.39 is 0 Å². The molecule has 1 aromatic carbocycles. The molecule has 0 radical (unpaired) electrons. The predicted octanol–water partition coefficient (Wildman–Crippen LogP) is 3.39. The summed E-state index contributed by atoms with van der Waals surface area (Å²) < 4.78 is 5.55. The molecule has 138 valence electrons. The molecule has 1 aliphatic heterocycles. The number of benzene rings is 1. The Bertz CT molecular complexity index is 923. The Morgan fingerprint density at radius 1 is 1.19 bits per heavy atom. The van der Waals surface area contributed by atoms with Crippen molar-refractivity contribution in [3.63, 3.8) is 0 Å². The van der Waals surface area contributed by atoms with Gasteiger partial charge in [0.25, 0.3) is 0 Å². The summed E-state index contributed by atoms with van der Waals surface area (Å²) in [5.41, 5.74) is 3.08. The number of hydrogen-bond donors (Lipinski definition) is 0. The van der Waals surface area contributed by atoms with Crippen LogP contribution in [0, 0.1) is 6.92 Å². The second kappa shape index (κ2) is 7.70. The number of carbonyl (C=O) groups is 1. The molecule has 6 nitrogen and oxygen atoms in total. The van der Waals surface area contributed by atoms with Gasteiger partial charge >= 0.3 is 0 Å². The van der Waals surface area contributed by atoms with Crippen LogP contribution in [0.4, 0.5) is 0 Å². The number of carbonyl (C=O) groups excluding carboxylic acids is 1. The molecular formula is C21H22N4O2. The molecular weight excluding hydrogens is 340 g/mol. The highest BCUT2D eigenvalue weighted by atomic mass is 16.5. The first-order valence-corrected chi connectivity index (χ1v) is 9.28. The Hall–Kier alpha value is -3.02. The maximum absolute atomic E-state index is 12.3. The lowest BCUT2D eigenvalue weighted by molar-refractivity contribution is -0.133. The van der Waals surface area contributed by atoms with Gasteiger partial charge in [0.1, 0.15) is 0 Å². The highest BCUT2D eigenvalue weighted by Gasteiger charge is 2.30. The molecule has 1 saturated heterocycles. The SMILES string of the molecule is Cc1ccccc1-c1noc(C2CCC(=O)N(CCc3ccccn3)C2)n1. The van der Waals surface area contributed by atoms with Crippen molar-refractivity contribution in [1.82, 2.24) is 20.0 Å². The van der Waals surface area contributed by atoms with Gasteiger partial charge in [-0.2, -0.15) is 4.98 Å². The monoisotopic (exact) mass is 362 g/mol. The summed E-state index contributed by atoms with van der Waals surface area (Å²) >= 11 is 0. The number of aryl methyl sites for hydroxylation is 1. The third-order valence-corrected chi connectivity index (χ3v) is 5.04. The van der Waals surface area contributed by atoms with Gasteiger partial charge in [-0.05, 0) is 31.0 Å². The maximum Gasteiger partial charge on any atom is 0.231 e. The van der Waals surface area contributed by atoms with Crippen LogP contribution in [0.2, 0.25) is 0 Å². The molecule has 0 aliphatic carbocycles. The zero-order valence-electron chi connectivity index (χ0n) is 15.3. The molecule has 1 amide bonds. The highest BCUT2D eigenvalue weighted by Crippen LogP contribution is 2.29. The van der Waals surface area contributed by atoms with Gasteiger partial charge in [0.05, 0.1) is 5.92 Å². The van der Waals surface area contributed by atoms with Crippen LogP contribution < -0.4 is 0 Å². The van der Waals surface area contributed by atoms with Crippen molar-refractivity contribution in [2.45, 2.75) is 32.1 Å². The largest absolute Gasteiger partial charge is 0.342 e. The van der Waals surface area contributed by atoms with Gasteiger partial charge in [-0.3, -0.25) is 9.78 Å². The third kappa shape index (κ3) is 3.89. The third-order valence-electron chi connectivity index (χ3n) is 5.04. The quantitative estimate of drug-likeness (QED) is 0.696. The fraction of sp³-hybridized carbons (Fsp3) is 0.333. The van der Waals surface area contributed by atoms with Crippen LogP contribution in [0.15, 0.2) is 53.2 Å². The van der Waals surface area contributed by atoms with E-state index in [0.29, 0.717) is 31.2 Å². The van der Waals surface area contributed by atoms with Gasteiger partial charge < -0.3 is 9.42 Å². The number of hydrogen-bond acceptors (Lipinski definition) is 5. The first kappa shape index (κ1) is 17.4. The van der Waals surface area contributed by atoms with Crippen molar-refractivity contribution in [3.8, 4) is 11.4 Å². The summed E-state index contributed by atoms with van der Waals surface area (Å²) in [6.45, 7) is 3.30. The Labute approximate surface area is 158 Å². The molecule has 0 N–H and O–H groups in total. The van der Waals surface area contributed by atoms with Crippen LogP contribution in [0.25, 0.3) is 11.4 Å². The van der Waals surface area contributed by atoms with Gasteiger partial charge in [-0.25, -0.2) is 0 Å². The molecule has 0 bridgehead atoms. The van der Waals surface area contributed by atoms with E-state index in [1.165, 1.54) is 0 Å². The molecule has 1 aliphatic rings. The molecule has 3 heterocycles. The van der Waals surface area contributed by atoms with Crippen LogP contribution in [-0.2, 0) is 11.2 Å². The predicted molar refractivity (Wildman–Crippen MR) is 101 cm³/mol. The number of rotatable bonds is 5. The lowest BCUT2D eigenvalue weighted by Crippen LogP contribution is -2.40. The van der Waals surface area contributed by atoms with Crippen molar-refractivity contribution in [1.29, 1.82) is 0 Å². The van der Waals surface area contributed by atoms with Gasteiger partial charge in [-0.15, -0.1) is 0 Å². The summed E-state index contributed by atoms with van der Waals surface area (Å²) in [7, 11) is 0. The Morgan fingerprint density at radius 2 is 2.04 bits per heavy atom. The van der Waals surface area contributed by atoms with Gasteiger partial charge in [0.2, 0.25) is 17.6 Å². The van der Waals surface area contributed by atoms with E-state index in [0.717, 1.165) is 29.7 Å². The minimum atomic E-state index is 0.0803. The molecule has 4 rings (SSSR count). The van der Waals surface area contributed by atoms with E-state index in [-0.39, 0.29) is 11.8 Å². The fourth-order valence-electron chi connectivity index (χ4n) is 3.46. The molecule has 27 heavy (non-hydrogen) atoms. The molecule has 6 heteroatoms. The lowest BCUT2D eigenvalue weighted by Gasteiger charge is -2.30. The lowest BCUT2D eigenvalue weighted by atomic mass is 9.97. The zero-order valence-corrected chi connectivity index (χ0v) is 15.3. The van der Waals surface area contributed by atoms with Crippen LogP contribution in [-0.4, -0.2) is 39.0 Å². The standard InChI is InChI=1S/C21H22N4O2/c1-15-6-2-3-8-18(15)20-23-21(27-24-20)16-9-10-19(26)25(14-16)13-11-17-7-4-5-12-22-17/h2-8,12,16H,9-11,13-14H2,1H3. The number of aromatic nitrogens is 3. The minimum absolute atomic E-state index is 0.0803. The molecule has 1 fully saturated rings. The molecule has 1 atom stereocenters. The van der Waals surface area contributed by atoms with Crippen molar-refractivity contribution >= 4 is 5.91 Å². The number of pyridine rings is 1. The summed E-state index contributed by atoms with van der Waals surface area (Å²) in [6, 6.07) is 13.8. The second-order valence-corrected chi connectivity index (χ2v) is 6.92. The van der Waals surface area contributed by atoms with Crippen LogP contribution in [0.5, 0.6) is 0 Å². The van der Waals surface area contributed by atoms with E-state index in [1.807, 2.05) is 54.3 Å². The molecule has 1 unspecified atom stereocenters. The van der Waals surface area contributed by atoms with E-state index in [1.54, 1.807) is 6.20 Å². The summed E-state index contributed by atoms with van der Waals surface area (Å²) in [5.74, 6) is 1.49. The van der Waals surface area contributed by atoms with E-state index in [4.69, 9.17) is 4.52 Å². The fourth-order valence-corrected chi connectivity index (χ4v) is 3.46. The number of piperidine rings is 1. The van der Waals surface area contributed by atoms with Crippen molar-refractivity contribution < 1.29 is 9.32 Å². The smallest absolute Gasteiger partial charge is 0.231 e. The normalized spacial score (nSPS) is 17.3. The Morgan fingerprint density at radius 3 is 2.85 bits per heavy atom. The van der Waals surface area contributed by atoms with E-state index in [2.05, 4.69) is 15.1 Å². The molecule has 0 spiro atoms. The summed E-state index contributed by atoms with van der Waals surface area (Å²) in [6.07, 6.45) is 3.78. The first-order chi connectivity index (χ1) is 13.2. The first-order valence-electron chi connectivity index (χ1n) is 9.28. The number of nitrogens with zero attached hydrogens (tertiary/aromatic N) is 4. The molecule has 0 saturated carbocycles. The van der Waals surface area contributed by atoms with Crippen molar-refractivity contribution in [3.05, 3.63) is 65.8 Å². The average molecular weight is 362 g/mol. The van der Waals surface area contributed by atoms with E-state index in [9.17, 15) is 4.79 Å². The van der Waals surface area contributed by atoms with Gasteiger partial charge in [0.15, 0.2) is 0 Å². The zero-order chi connectivity index (χ0) is 18.6. The van der Waals surface area contributed by atoms with Crippen LogP contribution in [0.3, 0.4) is 0 Å². The van der Waals surface area contributed by atoms with E-state index >= 15 is 0 Å². The van der Waals surface area contributed by atoms with Gasteiger partial charge in [-0.1, -0.05) is 35.5 Å². The summed E-state index contributed by atoms with van der Waals surface area (Å²) in [4.78, 5) is 23.1. The van der Waals surface area contributed by atoms with Crippen molar-refractivity contribution in [2.75, 3.05) is 13.1 Å². The Kier molecular flexibility index (Phi) is 4.96. The maximum atomic E-state index is 12.3. The van der Waals surface area contributed by atoms with Gasteiger partial charge in [0, 0.05) is 43.4 Å². The second-order valence-electron chi connectivity index (χ2n) is 6.92. The minimum Gasteiger partial charge on any atom is -0.342 e. The van der Waals surface area contributed by atoms with Crippen LogP contribution in [0.1, 0.15) is 35.9 Å². The van der Waals surface area contributed by atoms with Crippen molar-refractivity contribution in [2.24, 2.45) is 0 Å². The Balaban J connectivity index is 1.45.